The highest BCUT2D eigenvalue weighted by atomic mass is 35.5. The molecule has 0 saturated heterocycles. The summed E-state index contributed by atoms with van der Waals surface area (Å²) in [5.41, 5.74) is 0. The lowest BCUT2D eigenvalue weighted by molar-refractivity contribution is -0.172. The highest BCUT2D eigenvalue weighted by molar-refractivity contribution is 6.29. The van der Waals surface area contributed by atoms with E-state index < -0.39 is 12.8 Å². The van der Waals surface area contributed by atoms with Gasteiger partial charge in [0.1, 0.15) is 23.4 Å². The number of ether oxygens (including phenoxy) is 1. The van der Waals surface area contributed by atoms with Crippen molar-refractivity contribution in [3.63, 3.8) is 0 Å². The second kappa shape index (κ2) is 6.75. The van der Waals surface area contributed by atoms with Crippen LogP contribution in [0.4, 0.5) is 19.0 Å². The van der Waals surface area contributed by atoms with E-state index >= 15 is 0 Å². The van der Waals surface area contributed by atoms with Crippen molar-refractivity contribution >= 4 is 17.4 Å². The monoisotopic (exact) mass is 283 g/mol. The third-order valence-corrected chi connectivity index (χ3v) is 2.07. The molecular formula is C10H13ClF3N3O. The van der Waals surface area contributed by atoms with E-state index in [2.05, 4.69) is 20.0 Å². The molecule has 0 atom stereocenters. The van der Waals surface area contributed by atoms with Crippen molar-refractivity contribution in [1.29, 1.82) is 0 Å². The van der Waals surface area contributed by atoms with Gasteiger partial charge < -0.3 is 10.1 Å². The summed E-state index contributed by atoms with van der Waals surface area (Å²) in [4.78, 5) is 8.08. The predicted octanol–water partition coefficient (Wildman–Crippen LogP) is 2.68. The zero-order chi connectivity index (χ0) is 13.6. The van der Waals surface area contributed by atoms with Crippen LogP contribution in [-0.4, -0.2) is 35.9 Å². The zero-order valence-corrected chi connectivity index (χ0v) is 10.5. The molecule has 0 amide bonds. The quantitative estimate of drug-likeness (QED) is 0.644. The van der Waals surface area contributed by atoms with Gasteiger partial charge in [0.25, 0.3) is 0 Å². The molecule has 0 spiro atoms. The van der Waals surface area contributed by atoms with E-state index in [1.54, 1.807) is 0 Å². The number of aryl methyl sites for hydroxylation is 1. The van der Waals surface area contributed by atoms with E-state index in [1.807, 2.05) is 6.92 Å². The maximum atomic E-state index is 11.8. The molecule has 1 rings (SSSR count). The first-order chi connectivity index (χ1) is 8.40. The zero-order valence-electron chi connectivity index (χ0n) is 9.72. The van der Waals surface area contributed by atoms with E-state index in [0.717, 1.165) is 0 Å². The van der Waals surface area contributed by atoms with Crippen LogP contribution >= 0.6 is 11.6 Å². The van der Waals surface area contributed by atoms with E-state index in [1.165, 1.54) is 6.07 Å². The molecule has 0 aliphatic rings. The number of aromatic nitrogens is 2. The van der Waals surface area contributed by atoms with Crippen LogP contribution in [0, 0.1) is 0 Å². The minimum absolute atomic E-state index is 0.0669. The first-order valence-corrected chi connectivity index (χ1v) is 5.70. The van der Waals surface area contributed by atoms with Crippen molar-refractivity contribution in [2.24, 2.45) is 0 Å². The smallest absolute Gasteiger partial charge is 0.370 e. The molecule has 0 radical (unpaired) electrons. The van der Waals surface area contributed by atoms with Crippen LogP contribution in [0.15, 0.2) is 6.07 Å². The van der Waals surface area contributed by atoms with Crippen LogP contribution in [0.3, 0.4) is 0 Å². The summed E-state index contributed by atoms with van der Waals surface area (Å²) in [6, 6.07) is 1.50. The Kier molecular flexibility index (Phi) is 5.61. The Hall–Kier alpha value is -1.08. The number of alkyl halides is 3. The Morgan fingerprint density at radius 2 is 2.11 bits per heavy atom. The van der Waals surface area contributed by atoms with E-state index in [0.29, 0.717) is 23.2 Å². The lowest BCUT2D eigenvalue weighted by atomic mass is 10.4. The van der Waals surface area contributed by atoms with Gasteiger partial charge in [-0.2, -0.15) is 13.2 Å². The molecule has 18 heavy (non-hydrogen) atoms. The fraction of sp³-hybridized carbons (Fsp3) is 0.600. The molecule has 1 aromatic heterocycles. The van der Waals surface area contributed by atoms with Crippen molar-refractivity contribution < 1.29 is 17.9 Å². The van der Waals surface area contributed by atoms with Crippen molar-refractivity contribution in [3.05, 3.63) is 17.0 Å². The van der Waals surface area contributed by atoms with E-state index in [9.17, 15) is 13.2 Å². The Balaban J connectivity index is 2.33. The Morgan fingerprint density at radius 1 is 1.39 bits per heavy atom. The van der Waals surface area contributed by atoms with Gasteiger partial charge in [0, 0.05) is 19.0 Å². The fourth-order valence-corrected chi connectivity index (χ4v) is 1.35. The molecule has 0 bridgehead atoms. The molecule has 102 valence electrons. The molecule has 0 fully saturated rings. The Labute approximate surface area is 108 Å². The van der Waals surface area contributed by atoms with Crippen LogP contribution in [-0.2, 0) is 11.2 Å². The molecule has 0 aromatic carbocycles. The van der Waals surface area contributed by atoms with Crippen LogP contribution in [0.5, 0.6) is 0 Å². The van der Waals surface area contributed by atoms with Crippen molar-refractivity contribution in [2.45, 2.75) is 19.5 Å². The average Bonchev–Trinajstić information content (AvgIpc) is 2.26. The lowest BCUT2D eigenvalue weighted by Crippen LogP contribution is -2.20. The normalized spacial score (nSPS) is 11.6. The molecule has 4 nitrogen and oxygen atoms in total. The molecule has 0 aliphatic carbocycles. The van der Waals surface area contributed by atoms with Crippen LogP contribution < -0.4 is 5.32 Å². The van der Waals surface area contributed by atoms with Gasteiger partial charge in [-0.1, -0.05) is 18.5 Å². The van der Waals surface area contributed by atoms with E-state index in [-0.39, 0.29) is 13.2 Å². The fourth-order valence-electron chi connectivity index (χ4n) is 1.15. The molecule has 1 aromatic rings. The molecule has 0 aliphatic heterocycles. The number of rotatable bonds is 6. The highest BCUT2D eigenvalue weighted by Gasteiger charge is 2.27. The summed E-state index contributed by atoms with van der Waals surface area (Å²) in [5, 5.41) is 3.11. The number of halogens is 4. The lowest BCUT2D eigenvalue weighted by Gasteiger charge is -2.09. The number of anilines is 1. The summed E-state index contributed by atoms with van der Waals surface area (Å²) in [6.45, 7) is 0.774. The molecular weight excluding hydrogens is 271 g/mol. The number of nitrogens with one attached hydrogen (secondary N) is 1. The molecule has 8 heteroatoms. The maximum Gasteiger partial charge on any atom is 0.411 e. The highest BCUT2D eigenvalue weighted by Crippen LogP contribution is 2.14. The summed E-state index contributed by atoms with van der Waals surface area (Å²) >= 11 is 5.76. The second-order valence-corrected chi connectivity index (χ2v) is 3.83. The van der Waals surface area contributed by atoms with Gasteiger partial charge in [0.15, 0.2) is 0 Å². The van der Waals surface area contributed by atoms with Crippen LogP contribution in [0.1, 0.15) is 12.7 Å². The summed E-state index contributed by atoms with van der Waals surface area (Å²) < 4.78 is 39.8. The largest absolute Gasteiger partial charge is 0.411 e. The first-order valence-electron chi connectivity index (χ1n) is 5.32. The van der Waals surface area contributed by atoms with Gasteiger partial charge in [-0.25, -0.2) is 9.97 Å². The Morgan fingerprint density at radius 3 is 2.72 bits per heavy atom. The van der Waals surface area contributed by atoms with Gasteiger partial charge in [-0.3, -0.25) is 0 Å². The topological polar surface area (TPSA) is 47.0 Å². The second-order valence-electron chi connectivity index (χ2n) is 3.44. The van der Waals surface area contributed by atoms with Gasteiger partial charge in [-0.05, 0) is 0 Å². The van der Waals surface area contributed by atoms with Gasteiger partial charge in [0.05, 0.1) is 6.61 Å². The molecule has 1 N–H and O–H groups in total. The standard InChI is InChI=1S/C10H13ClF3N3O/c1-2-8-16-7(11)5-9(17-8)15-3-4-18-6-10(12,13)14/h5H,2-4,6H2,1H3,(H,15,16,17). The van der Waals surface area contributed by atoms with Crippen molar-refractivity contribution in [1.82, 2.24) is 9.97 Å². The SMILES string of the molecule is CCc1nc(Cl)cc(NCCOCC(F)(F)F)n1. The predicted molar refractivity (Wildman–Crippen MR) is 61.8 cm³/mol. The van der Waals surface area contributed by atoms with Gasteiger partial charge in [-0.15, -0.1) is 0 Å². The number of nitrogens with zero attached hydrogens (tertiary/aromatic N) is 2. The molecule has 0 unspecified atom stereocenters. The van der Waals surface area contributed by atoms with Crippen LogP contribution in [0.25, 0.3) is 0 Å². The average molecular weight is 284 g/mol. The third-order valence-electron chi connectivity index (χ3n) is 1.88. The van der Waals surface area contributed by atoms with E-state index in [4.69, 9.17) is 11.6 Å². The minimum Gasteiger partial charge on any atom is -0.370 e. The summed E-state index contributed by atoms with van der Waals surface area (Å²) in [6.07, 6.45) is -3.67. The van der Waals surface area contributed by atoms with Gasteiger partial charge >= 0.3 is 6.18 Å². The van der Waals surface area contributed by atoms with Crippen LogP contribution in [0.2, 0.25) is 5.15 Å². The molecule has 1 heterocycles. The third kappa shape index (κ3) is 6.02. The Bertz CT molecular complexity index is 387. The van der Waals surface area contributed by atoms with Gasteiger partial charge in [0.2, 0.25) is 0 Å². The van der Waals surface area contributed by atoms with Crippen molar-refractivity contribution in [2.75, 3.05) is 25.1 Å². The summed E-state index contributed by atoms with van der Waals surface area (Å²) in [5.74, 6) is 1.05. The first kappa shape index (κ1) is 15.0. The molecule has 0 saturated carbocycles. The maximum absolute atomic E-state index is 11.8. The van der Waals surface area contributed by atoms with Crippen molar-refractivity contribution in [3.8, 4) is 0 Å². The summed E-state index contributed by atoms with van der Waals surface area (Å²) in [7, 11) is 0. The minimum atomic E-state index is -4.30. The number of hydrogen-bond donors (Lipinski definition) is 1. The number of hydrogen-bond acceptors (Lipinski definition) is 4.